The van der Waals surface area contributed by atoms with Crippen molar-refractivity contribution in [2.45, 2.75) is 6.92 Å². The van der Waals surface area contributed by atoms with E-state index in [-0.39, 0.29) is 19.1 Å². The third-order valence-corrected chi connectivity index (χ3v) is 2.18. The molecule has 0 unspecified atom stereocenters. The number of benzene rings is 1. The lowest BCUT2D eigenvalue weighted by Gasteiger charge is -2.06. The fraction of sp³-hybridized carbons (Fsp3) is 0.231. The molecule has 0 aliphatic rings. The van der Waals surface area contributed by atoms with E-state index in [2.05, 4.69) is 16.4 Å². The van der Waals surface area contributed by atoms with Gasteiger partial charge in [0.15, 0.2) is 6.61 Å². The molecule has 0 spiro atoms. The first-order valence-corrected chi connectivity index (χ1v) is 5.29. The van der Waals surface area contributed by atoms with Gasteiger partial charge in [0, 0.05) is 0 Å². The van der Waals surface area contributed by atoms with Gasteiger partial charge in [-0.2, -0.15) is 0 Å². The van der Waals surface area contributed by atoms with Crippen molar-refractivity contribution in [3.05, 3.63) is 29.8 Å². The zero-order valence-electron chi connectivity index (χ0n) is 10.0. The van der Waals surface area contributed by atoms with Crippen molar-refractivity contribution in [3.8, 4) is 18.1 Å². The number of carbonyl (C=O) groups is 1. The minimum absolute atomic E-state index is 0.0892. The monoisotopic (exact) mass is 246 g/mol. The first-order valence-electron chi connectivity index (χ1n) is 5.29. The van der Waals surface area contributed by atoms with E-state index >= 15 is 0 Å². The van der Waals surface area contributed by atoms with Gasteiger partial charge in [-0.25, -0.2) is 0 Å². The molecule has 0 atom stereocenters. The second kappa shape index (κ2) is 6.97. The van der Waals surface area contributed by atoms with Gasteiger partial charge in [0.05, 0.1) is 12.3 Å². The highest BCUT2D eigenvalue weighted by molar-refractivity contribution is 5.98. The van der Waals surface area contributed by atoms with Gasteiger partial charge in [0.2, 0.25) is 0 Å². The van der Waals surface area contributed by atoms with Gasteiger partial charge in [0.25, 0.3) is 5.91 Å². The highest BCUT2D eigenvalue weighted by Crippen LogP contribution is 2.12. The molecule has 1 aromatic rings. The summed E-state index contributed by atoms with van der Waals surface area (Å²) in [6, 6.07) is 6.87. The van der Waals surface area contributed by atoms with E-state index in [4.69, 9.17) is 16.4 Å². The van der Waals surface area contributed by atoms with Crippen molar-refractivity contribution in [2.75, 3.05) is 13.2 Å². The second-order valence-electron chi connectivity index (χ2n) is 3.48. The fourth-order valence-corrected chi connectivity index (χ4v) is 1.20. The summed E-state index contributed by atoms with van der Waals surface area (Å²) in [4.78, 5) is 11.2. The molecule has 0 radical (unpaired) electrons. The molecule has 18 heavy (non-hydrogen) atoms. The third-order valence-electron chi connectivity index (χ3n) is 2.18. The Morgan fingerprint density at radius 1 is 1.50 bits per heavy atom. The Hall–Kier alpha value is -2.48. The minimum Gasteiger partial charge on any atom is -0.484 e. The molecule has 5 nitrogen and oxygen atoms in total. The summed E-state index contributed by atoms with van der Waals surface area (Å²) in [7, 11) is 0. The smallest absolute Gasteiger partial charge is 0.258 e. The lowest BCUT2D eigenvalue weighted by molar-refractivity contribution is -0.122. The van der Waals surface area contributed by atoms with Crippen molar-refractivity contribution in [3.63, 3.8) is 0 Å². The summed E-state index contributed by atoms with van der Waals surface area (Å²) in [6.07, 6.45) is 5.01. The molecule has 1 amide bonds. The number of carbonyl (C=O) groups excluding carboxylic acids is 1. The molecule has 0 saturated heterocycles. The zero-order chi connectivity index (χ0) is 13.4. The largest absolute Gasteiger partial charge is 0.484 e. The standard InChI is InChI=1S/C13H14N2O3/c1-3-8-14-13(16)9-18-12-6-4-11(5-7-12)10(2)15-17/h1,4-7,17H,8-9H2,2H3,(H,14,16)/b15-10+. The van der Waals surface area contributed by atoms with Crippen LogP contribution in [0.15, 0.2) is 29.4 Å². The summed E-state index contributed by atoms with van der Waals surface area (Å²) in [5.41, 5.74) is 1.29. The van der Waals surface area contributed by atoms with Crippen molar-refractivity contribution in [1.29, 1.82) is 0 Å². The number of rotatable bonds is 5. The molecule has 5 heteroatoms. The third kappa shape index (κ3) is 4.18. The molecular formula is C13H14N2O3. The summed E-state index contributed by atoms with van der Waals surface area (Å²) in [6.45, 7) is 1.78. The van der Waals surface area contributed by atoms with Crippen molar-refractivity contribution in [1.82, 2.24) is 5.32 Å². The van der Waals surface area contributed by atoms with Crippen LogP contribution in [0.25, 0.3) is 0 Å². The van der Waals surface area contributed by atoms with Crippen molar-refractivity contribution >= 4 is 11.6 Å². The zero-order valence-corrected chi connectivity index (χ0v) is 10.0. The summed E-state index contributed by atoms with van der Waals surface area (Å²) in [5, 5.41) is 14.2. The number of hydrogen-bond donors (Lipinski definition) is 2. The molecule has 1 aromatic carbocycles. The van der Waals surface area contributed by atoms with Crippen LogP contribution in [0.1, 0.15) is 12.5 Å². The summed E-state index contributed by atoms with van der Waals surface area (Å²) < 4.78 is 5.25. The van der Waals surface area contributed by atoms with Crippen LogP contribution < -0.4 is 10.1 Å². The van der Waals surface area contributed by atoms with Gasteiger partial charge in [0.1, 0.15) is 5.75 Å². The number of nitrogens with zero attached hydrogens (tertiary/aromatic N) is 1. The quantitative estimate of drug-likeness (QED) is 0.352. The molecule has 2 N–H and O–H groups in total. The van der Waals surface area contributed by atoms with Crippen LogP contribution in [0, 0.1) is 12.3 Å². The molecule has 1 rings (SSSR count). The predicted molar refractivity (Wildman–Crippen MR) is 67.8 cm³/mol. The van der Waals surface area contributed by atoms with Crippen LogP contribution in [-0.2, 0) is 4.79 Å². The lowest BCUT2D eigenvalue weighted by Crippen LogP contribution is -2.29. The van der Waals surface area contributed by atoms with E-state index in [1.807, 2.05) is 0 Å². The van der Waals surface area contributed by atoms with Gasteiger partial charge in [-0.3, -0.25) is 4.79 Å². The Morgan fingerprint density at radius 3 is 2.72 bits per heavy atom. The minimum atomic E-state index is -0.273. The van der Waals surface area contributed by atoms with E-state index in [0.717, 1.165) is 5.56 Å². The maximum atomic E-state index is 11.2. The molecule has 0 aromatic heterocycles. The molecular weight excluding hydrogens is 232 g/mol. The lowest BCUT2D eigenvalue weighted by atomic mass is 10.1. The summed E-state index contributed by atoms with van der Waals surface area (Å²) in [5.74, 6) is 2.58. The van der Waals surface area contributed by atoms with Crippen LogP contribution in [-0.4, -0.2) is 30.0 Å². The van der Waals surface area contributed by atoms with Gasteiger partial charge >= 0.3 is 0 Å². The Labute approximate surface area is 105 Å². The number of oxime groups is 1. The average molecular weight is 246 g/mol. The van der Waals surface area contributed by atoms with Crippen LogP contribution in [0.5, 0.6) is 5.75 Å². The fourth-order valence-electron chi connectivity index (χ4n) is 1.20. The van der Waals surface area contributed by atoms with E-state index in [1.54, 1.807) is 31.2 Å². The predicted octanol–water partition coefficient (Wildman–Crippen LogP) is 1.01. The summed E-state index contributed by atoms with van der Waals surface area (Å²) >= 11 is 0. The average Bonchev–Trinajstić information content (AvgIpc) is 2.42. The van der Waals surface area contributed by atoms with Crippen molar-refractivity contribution < 1.29 is 14.7 Å². The number of terminal acetylenes is 1. The number of amides is 1. The Kier molecular flexibility index (Phi) is 5.26. The van der Waals surface area contributed by atoms with E-state index in [1.165, 1.54) is 0 Å². The van der Waals surface area contributed by atoms with Gasteiger partial charge in [-0.05, 0) is 36.8 Å². The number of nitrogens with one attached hydrogen (secondary N) is 1. The van der Waals surface area contributed by atoms with Crippen LogP contribution in [0.3, 0.4) is 0 Å². The van der Waals surface area contributed by atoms with Crippen molar-refractivity contribution in [2.24, 2.45) is 5.16 Å². The number of hydrogen-bond acceptors (Lipinski definition) is 4. The van der Waals surface area contributed by atoms with E-state index < -0.39 is 0 Å². The second-order valence-corrected chi connectivity index (χ2v) is 3.48. The topological polar surface area (TPSA) is 70.9 Å². The van der Waals surface area contributed by atoms with Gasteiger partial charge < -0.3 is 15.3 Å². The van der Waals surface area contributed by atoms with E-state index in [0.29, 0.717) is 11.5 Å². The molecule has 94 valence electrons. The molecule has 0 heterocycles. The van der Waals surface area contributed by atoms with E-state index in [9.17, 15) is 4.79 Å². The maximum absolute atomic E-state index is 11.2. The molecule has 0 aliphatic heterocycles. The molecule has 0 bridgehead atoms. The SMILES string of the molecule is C#CCNC(=O)COc1ccc(/C(C)=N/O)cc1. The highest BCUT2D eigenvalue weighted by Gasteiger charge is 2.02. The Balaban J connectivity index is 2.50. The first-order chi connectivity index (χ1) is 8.67. The highest BCUT2D eigenvalue weighted by atomic mass is 16.5. The molecule has 0 saturated carbocycles. The molecule has 0 aliphatic carbocycles. The van der Waals surface area contributed by atoms with Gasteiger partial charge in [-0.1, -0.05) is 11.1 Å². The Bertz CT molecular complexity index is 472. The first kappa shape index (κ1) is 13.6. The normalized spacial score (nSPS) is 10.6. The maximum Gasteiger partial charge on any atom is 0.258 e. The van der Waals surface area contributed by atoms with Gasteiger partial charge in [-0.15, -0.1) is 6.42 Å². The Morgan fingerprint density at radius 2 is 2.17 bits per heavy atom. The number of ether oxygens (including phenoxy) is 1. The van der Waals surface area contributed by atoms with Crippen LogP contribution in [0.2, 0.25) is 0 Å². The van der Waals surface area contributed by atoms with Crippen LogP contribution in [0.4, 0.5) is 0 Å². The van der Waals surface area contributed by atoms with Crippen LogP contribution >= 0.6 is 0 Å². The molecule has 0 fully saturated rings.